The lowest BCUT2D eigenvalue weighted by Crippen LogP contribution is -2.26. The summed E-state index contributed by atoms with van der Waals surface area (Å²) in [5.41, 5.74) is 5.89. The normalized spacial score (nSPS) is 11.6. The van der Waals surface area contributed by atoms with Crippen molar-refractivity contribution >= 4 is 27.3 Å². The van der Waals surface area contributed by atoms with Gasteiger partial charge >= 0.3 is 0 Å². The fourth-order valence-corrected chi connectivity index (χ4v) is 3.02. The van der Waals surface area contributed by atoms with Crippen molar-refractivity contribution in [3.05, 3.63) is 35.4 Å². The summed E-state index contributed by atoms with van der Waals surface area (Å²) in [7, 11) is -3.69. The first kappa shape index (κ1) is 13.8. The second-order valence-corrected chi connectivity index (χ2v) is 5.91. The van der Waals surface area contributed by atoms with Gasteiger partial charge in [0, 0.05) is 18.7 Å². The van der Waals surface area contributed by atoms with E-state index in [0.717, 1.165) is 0 Å². The Kier molecular flexibility index (Phi) is 4.03. The van der Waals surface area contributed by atoms with Crippen LogP contribution in [0.5, 0.6) is 0 Å². The van der Waals surface area contributed by atoms with Crippen LogP contribution < -0.4 is 10.5 Å². The Morgan fingerprint density at radius 3 is 2.89 bits per heavy atom. The maximum atomic E-state index is 12.0. The Morgan fingerprint density at radius 1 is 1.42 bits per heavy atom. The monoisotopic (exact) mass is 301 g/mol. The summed E-state index contributed by atoms with van der Waals surface area (Å²) in [5.74, 6) is 0.598. The van der Waals surface area contributed by atoms with E-state index in [2.05, 4.69) is 19.9 Å². The number of hydrogen-bond acceptors (Lipinski definition) is 5. The van der Waals surface area contributed by atoms with Gasteiger partial charge in [-0.3, -0.25) is 5.10 Å². The van der Waals surface area contributed by atoms with Gasteiger partial charge in [-0.05, 0) is 18.2 Å². The number of nitrogen functional groups attached to an aromatic ring is 1. The van der Waals surface area contributed by atoms with Crippen LogP contribution in [-0.4, -0.2) is 30.1 Å². The summed E-state index contributed by atoms with van der Waals surface area (Å²) in [6.07, 6.45) is 1.76. The van der Waals surface area contributed by atoms with Gasteiger partial charge in [-0.1, -0.05) is 11.6 Å². The summed E-state index contributed by atoms with van der Waals surface area (Å²) < 4.78 is 26.5. The molecule has 0 spiro atoms. The zero-order chi connectivity index (χ0) is 13.9. The van der Waals surface area contributed by atoms with Crippen molar-refractivity contribution < 1.29 is 8.42 Å². The Bertz CT molecular complexity index is 657. The zero-order valence-electron chi connectivity index (χ0n) is 9.80. The smallest absolute Gasteiger partial charge is 0.242 e. The molecule has 2 rings (SSSR count). The largest absolute Gasteiger partial charge is 0.399 e. The Hall–Kier alpha value is -1.64. The number of rotatable bonds is 5. The maximum Gasteiger partial charge on any atom is 0.242 e. The number of aromatic amines is 1. The third-order valence-corrected chi connectivity index (χ3v) is 4.31. The molecule has 7 nitrogen and oxygen atoms in total. The molecule has 0 atom stereocenters. The average Bonchev–Trinajstić information content (AvgIpc) is 2.85. The Morgan fingerprint density at radius 2 is 2.21 bits per heavy atom. The molecule has 0 amide bonds. The topological polar surface area (TPSA) is 114 Å². The summed E-state index contributed by atoms with van der Waals surface area (Å²) in [5, 5.41) is 6.44. The first-order valence-corrected chi connectivity index (χ1v) is 7.24. The zero-order valence-corrected chi connectivity index (χ0v) is 11.4. The molecule has 102 valence electrons. The molecule has 4 N–H and O–H groups in total. The molecule has 19 heavy (non-hydrogen) atoms. The van der Waals surface area contributed by atoms with Crippen LogP contribution in [0.25, 0.3) is 0 Å². The Labute approximate surface area is 115 Å². The molecule has 1 aromatic carbocycles. The second kappa shape index (κ2) is 5.55. The average molecular weight is 302 g/mol. The molecule has 0 radical (unpaired) electrons. The number of sulfonamides is 1. The summed E-state index contributed by atoms with van der Waals surface area (Å²) >= 11 is 5.86. The molecule has 0 bridgehead atoms. The van der Waals surface area contributed by atoms with Gasteiger partial charge in [0.2, 0.25) is 10.0 Å². The molecule has 2 aromatic rings. The number of aromatic nitrogens is 3. The molecule has 1 heterocycles. The molecule has 0 aliphatic carbocycles. The standard InChI is InChI=1S/C10H12ClN5O2S/c11-8-2-1-7(12)5-9(8)19(17,18)15-4-3-10-13-6-14-16-10/h1-2,5-6,15H,3-4,12H2,(H,13,14,16). The van der Waals surface area contributed by atoms with E-state index in [1.807, 2.05) is 0 Å². The minimum absolute atomic E-state index is 0.0354. The summed E-state index contributed by atoms with van der Waals surface area (Å²) in [6.45, 7) is 0.183. The molecular weight excluding hydrogens is 290 g/mol. The van der Waals surface area contributed by atoms with E-state index in [1.165, 1.54) is 24.5 Å². The number of H-pyrrole nitrogens is 1. The Balaban J connectivity index is 2.07. The highest BCUT2D eigenvalue weighted by atomic mass is 35.5. The summed E-state index contributed by atoms with van der Waals surface area (Å²) in [6, 6.07) is 4.30. The van der Waals surface area contributed by atoms with Gasteiger partial charge in [-0.2, -0.15) is 5.10 Å². The lowest BCUT2D eigenvalue weighted by Gasteiger charge is -2.08. The van der Waals surface area contributed by atoms with E-state index in [9.17, 15) is 8.42 Å². The van der Waals surface area contributed by atoms with Crippen LogP contribution in [0.4, 0.5) is 5.69 Å². The number of nitrogens with one attached hydrogen (secondary N) is 2. The molecule has 0 aliphatic heterocycles. The molecule has 1 aromatic heterocycles. The SMILES string of the molecule is Nc1ccc(Cl)c(S(=O)(=O)NCCc2ncn[nH]2)c1. The van der Waals surface area contributed by atoms with E-state index in [4.69, 9.17) is 17.3 Å². The van der Waals surface area contributed by atoms with Crippen LogP contribution in [0.15, 0.2) is 29.4 Å². The number of nitrogens with zero attached hydrogens (tertiary/aromatic N) is 2. The van der Waals surface area contributed by atoms with Crippen LogP contribution >= 0.6 is 11.6 Å². The maximum absolute atomic E-state index is 12.0. The molecule has 0 aliphatic rings. The van der Waals surface area contributed by atoms with Gasteiger partial charge in [0.05, 0.1) is 5.02 Å². The van der Waals surface area contributed by atoms with Gasteiger partial charge in [0.25, 0.3) is 0 Å². The van der Waals surface area contributed by atoms with Gasteiger partial charge in [-0.15, -0.1) is 0 Å². The summed E-state index contributed by atoms with van der Waals surface area (Å²) in [4.78, 5) is 3.86. The molecular formula is C10H12ClN5O2S. The van der Waals surface area contributed by atoms with Crippen LogP contribution in [0.1, 0.15) is 5.82 Å². The highest BCUT2D eigenvalue weighted by Gasteiger charge is 2.17. The minimum atomic E-state index is -3.69. The molecule has 0 saturated heterocycles. The van der Waals surface area contributed by atoms with Gasteiger partial charge in [0.1, 0.15) is 17.0 Å². The molecule has 0 fully saturated rings. The number of nitrogens with two attached hydrogens (primary N) is 1. The fraction of sp³-hybridized carbons (Fsp3) is 0.200. The second-order valence-electron chi connectivity index (χ2n) is 3.77. The number of halogens is 1. The van der Waals surface area contributed by atoms with E-state index in [1.54, 1.807) is 0 Å². The van der Waals surface area contributed by atoms with Crippen LogP contribution in [0.2, 0.25) is 5.02 Å². The third-order valence-electron chi connectivity index (χ3n) is 2.36. The molecule has 0 unspecified atom stereocenters. The van der Waals surface area contributed by atoms with Crippen LogP contribution in [0, 0.1) is 0 Å². The van der Waals surface area contributed by atoms with Crippen molar-refractivity contribution in [3.63, 3.8) is 0 Å². The minimum Gasteiger partial charge on any atom is -0.399 e. The quantitative estimate of drug-likeness (QED) is 0.698. The number of anilines is 1. The predicted octanol–water partition coefficient (Wildman–Crippen LogP) is 0.561. The van der Waals surface area contributed by atoms with Gasteiger partial charge in [0.15, 0.2) is 0 Å². The van der Waals surface area contributed by atoms with E-state index in [0.29, 0.717) is 17.9 Å². The molecule has 9 heteroatoms. The first-order valence-electron chi connectivity index (χ1n) is 5.38. The first-order chi connectivity index (χ1) is 8.99. The van der Waals surface area contributed by atoms with Crippen molar-refractivity contribution in [3.8, 4) is 0 Å². The lowest BCUT2D eigenvalue weighted by atomic mass is 10.3. The van der Waals surface area contributed by atoms with Crippen molar-refractivity contribution in [2.45, 2.75) is 11.3 Å². The van der Waals surface area contributed by atoms with Gasteiger partial charge in [-0.25, -0.2) is 18.1 Å². The lowest BCUT2D eigenvalue weighted by molar-refractivity contribution is 0.581. The van der Waals surface area contributed by atoms with Crippen molar-refractivity contribution in [1.82, 2.24) is 19.9 Å². The van der Waals surface area contributed by atoms with Crippen LogP contribution in [-0.2, 0) is 16.4 Å². The highest BCUT2D eigenvalue weighted by Crippen LogP contribution is 2.23. The highest BCUT2D eigenvalue weighted by molar-refractivity contribution is 7.89. The third kappa shape index (κ3) is 3.43. The van der Waals surface area contributed by atoms with Crippen molar-refractivity contribution in [1.29, 1.82) is 0 Å². The number of hydrogen-bond donors (Lipinski definition) is 3. The fourth-order valence-electron chi connectivity index (χ4n) is 1.46. The van der Waals surface area contributed by atoms with E-state index >= 15 is 0 Å². The van der Waals surface area contributed by atoms with Gasteiger partial charge < -0.3 is 5.73 Å². The van der Waals surface area contributed by atoms with Crippen molar-refractivity contribution in [2.24, 2.45) is 0 Å². The van der Waals surface area contributed by atoms with Crippen molar-refractivity contribution in [2.75, 3.05) is 12.3 Å². The van der Waals surface area contributed by atoms with Crippen LogP contribution in [0.3, 0.4) is 0 Å². The van der Waals surface area contributed by atoms with E-state index in [-0.39, 0.29) is 16.5 Å². The molecule has 0 saturated carbocycles. The van der Waals surface area contributed by atoms with E-state index < -0.39 is 10.0 Å². The number of benzene rings is 1. The predicted molar refractivity (Wildman–Crippen MR) is 71.1 cm³/mol.